The quantitative estimate of drug-likeness (QED) is 0.595. The molecule has 0 bridgehead atoms. The van der Waals surface area contributed by atoms with Crippen molar-refractivity contribution in [2.45, 2.75) is 39.4 Å². The van der Waals surface area contributed by atoms with Crippen LogP contribution >= 0.6 is 0 Å². The van der Waals surface area contributed by atoms with Crippen molar-refractivity contribution in [1.82, 2.24) is 0 Å². The molecular formula is C9H18O2. The van der Waals surface area contributed by atoms with Crippen LogP contribution in [0.4, 0.5) is 0 Å². The Kier molecular flexibility index (Phi) is 2.86. The maximum absolute atomic E-state index is 9.59. The van der Waals surface area contributed by atoms with E-state index in [2.05, 4.69) is 6.58 Å². The van der Waals surface area contributed by atoms with Gasteiger partial charge in [-0.15, -0.1) is 6.58 Å². The van der Waals surface area contributed by atoms with Crippen molar-refractivity contribution >= 4 is 0 Å². The highest BCUT2D eigenvalue weighted by atomic mass is 16.3. The second-order valence-corrected chi connectivity index (χ2v) is 4.20. The van der Waals surface area contributed by atoms with Crippen molar-refractivity contribution in [1.29, 1.82) is 0 Å². The van der Waals surface area contributed by atoms with E-state index in [1.54, 1.807) is 6.92 Å². The third-order valence-electron chi connectivity index (χ3n) is 1.79. The molecule has 11 heavy (non-hydrogen) atoms. The maximum Gasteiger partial charge on any atom is 0.106 e. The molecule has 0 heterocycles. The number of hydrogen-bond acceptors (Lipinski definition) is 2. The van der Waals surface area contributed by atoms with Gasteiger partial charge in [0.1, 0.15) is 5.60 Å². The Bertz CT molecular complexity index is 142. The van der Waals surface area contributed by atoms with Crippen LogP contribution in [0.15, 0.2) is 12.7 Å². The van der Waals surface area contributed by atoms with Crippen molar-refractivity contribution in [3.63, 3.8) is 0 Å². The van der Waals surface area contributed by atoms with Gasteiger partial charge in [0.25, 0.3) is 0 Å². The minimum absolute atomic E-state index is 0.322. The molecule has 0 fully saturated rings. The summed E-state index contributed by atoms with van der Waals surface area (Å²) in [7, 11) is 0. The molecule has 0 saturated heterocycles. The Morgan fingerprint density at radius 3 is 1.73 bits per heavy atom. The zero-order valence-electron chi connectivity index (χ0n) is 7.76. The minimum atomic E-state index is -1.20. The van der Waals surface area contributed by atoms with E-state index in [4.69, 9.17) is 0 Å². The van der Waals surface area contributed by atoms with Gasteiger partial charge >= 0.3 is 0 Å². The van der Waals surface area contributed by atoms with E-state index in [1.807, 2.05) is 20.8 Å². The molecule has 0 aromatic rings. The van der Waals surface area contributed by atoms with Gasteiger partial charge in [-0.05, 0) is 12.3 Å². The summed E-state index contributed by atoms with van der Waals surface area (Å²) in [4.78, 5) is 0. The summed E-state index contributed by atoms with van der Waals surface area (Å²) in [6.07, 6.45) is 0.579. The second-order valence-electron chi connectivity index (χ2n) is 4.20. The standard InChI is InChI=1S/C9H18O2/c1-6-9(5,11)7(10)8(2,3)4/h6-7,10-11H,1H2,2-5H3. The van der Waals surface area contributed by atoms with Gasteiger partial charge in [0.15, 0.2) is 0 Å². The molecule has 2 heteroatoms. The first kappa shape index (κ1) is 10.7. The van der Waals surface area contributed by atoms with E-state index in [-0.39, 0.29) is 5.41 Å². The molecule has 0 spiro atoms. The van der Waals surface area contributed by atoms with Crippen LogP contribution in [0.2, 0.25) is 0 Å². The smallest absolute Gasteiger partial charge is 0.106 e. The second kappa shape index (κ2) is 2.95. The van der Waals surface area contributed by atoms with Crippen molar-refractivity contribution in [3.8, 4) is 0 Å². The van der Waals surface area contributed by atoms with E-state index in [0.717, 1.165) is 0 Å². The molecule has 0 aliphatic heterocycles. The molecule has 2 nitrogen and oxygen atoms in total. The minimum Gasteiger partial charge on any atom is -0.389 e. The van der Waals surface area contributed by atoms with Crippen molar-refractivity contribution in [2.75, 3.05) is 0 Å². The zero-order chi connectivity index (χ0) is 9.28. The van der Waals surface area contributed by atoms with Gasteiger partial charge in [0.05, 0.1) is 6.10 Å². The average Bonchev–Trinajstić information content (AvgIpc) is 1.84. The SMILES string of the molecule is C=CC(C)(O)C(O)C(C)(C)C. The Morgan fingerprint density at radius 2 is 1.64 bits per heavy atom. The molecule has 0 radical (unpaired) electrons. The van der Waals surface area contributed by atoms with Crippen LogP contribution in [-0.2, 0) is 0 Å². The average molecular weight is 158 g/mol. The van der Waals surface area contributed by atoms with E-state index in [0.29, 0.717) is 0 Å². The van der Waals surface area contributed by atoms with Gasteiger partial charge in [0, 0.05) is 0 Å². The van der Waals surface area contributed by atoms with E-state index in [1.165, 1.54) is 6.08 Å². The van der Waals surface area contributed by atoms with Crippen LogP contribution < -0.4 is 0 Å². The van der Waals surface area contributed by atoms with Crippen LogP contribution in [0.1, 0.15) is 27.7 Å². The molecule has 0 aliphatic rings. The van der Waals surface area contributed by atoms with Gasteiger partial charge in [-0.1, -0.05) is 26.8 Å². The predicted octanol–water partition coefficient (Wildman–Crippen LogP) is 1.33. The van der Waals surface area contributed by atoms with Gasteiger partial charge in [-0.3, -0.25) is 0 Å². The van der Waals surface area contributed by atoms with Gasteiger partial charge in [-0.2, -0.15) is 0 Å². The monoisotopic (exact) mass is 158 g/mol. The Hall–Kier alpha value is -0.340. The molecule has 0 amide bonds. The maximum atomic E-state index is 9.59. The molecule has 2 N–H and O–H groups in total. The van der Waals surface area contributed by atoms with Crippen LogP contribution in [-0.4, -0.2) is 21.9 Å². The molecule has 0 rings (SSSR count). The first-order valence-electron chi connectivity index (χ1n) is 3.76. The topological polar surface area (TPSA) is 40.5 Å². The van der Waals surface area contributed by atoms with Gasteiger partial charge in [-0.25, -0.2) is 0 Å². The first-order valence-corrected chi connectivity index (χ1v) is 3.76. The van der Waals surface area contributed by atoms with Crippen LogP contribution in [0.5, 0.6) is 0 Å². The summed E-state index contributed by atoms with van der Waals surface area (Å²) in [6.45, 7) is 10.6. The first-order chi connectivity index (χ1) is 4.72. The molecule has 66 valence electrons. The number of rotatable bonds is 2. The molecule has 0 aliphatic carbocycles. The highest BCUT2D eigenvalue weighted by Gasteiger charge is 2.36. The lowest BCUT2D eigenvalue weighted by Crippen LogP contribution is -2.45. The van der Waals surface area contributed by atoms with Crippen LogP contribution in [0.3, 0.4) is 0 Å². The summed E-state index contributed by atoms with van der Waals surface area (Å²) in [5.74, 6) is 0. The summed E-state index contributed by atoms with van der Waals surface area (Å²) in [5, 5.41) is 19.2. The largest absolute Gasteiger partial charge is 0.389 e. The summed E-state index contributed by atoms with van der Waals surface area (Å²) in [5.41, 5.74) is -1.52. The summed E-state index contributed by atoms with van der Waals surface area (Å²) >= 11 is 0. The molecule has 2 unspecified atom stereocenters. The molecule has 0 saturated carbocycles. The normalized spacial score (nSPS) is 20.5. The fourth-order valence-corrected chi connectivity index (χ4v) is 0.988. The lowest BCUT2D eigenvalue weighted by atomic mass is 9.79. The van der Waals surface area contributed by atoms with E-state index >= 15 is 0 Å². The summed E-state index contributed by atoms with van der Waals surface area (Å²) < 4.78 is 0. The molecular weight excluding hydrogens is 140 g/mol. The Morgan fingerprint density at radius 1 is 1.27 bits per heavy atom. The fraction of sp³-hybridized carbons (Fsp3) is 0.778. The fourth-order valence-electron chi connectivity index (χ4n) is 0.988. The lowest BCUT2D eigenvalue weighted by Gasteiger charge is -2.35. The molecule has 0 aromatic carbocycles. The molecule has 2 atom stereocenters. The highest BCUT2D eigenvalue weighted by Crippen LogP contribution is 2.28. The number of aliphatic hydroxyl groups is 2. The third-order valence-corrected chi connectivity index (χ3v) is 1.79. The van der Waals surface area contributed by atoms with Crippen molar-refractivity contribution in [2.24, 2.45) is 5.41 Å². The zero-order valence-corrected chi connectivity index (χ0v) is 7.76. The van der Waals surface area contributed by atoms with E-state index in [9.17, 15) is 10.2 Å². The van der Waals surface area contributed by atoms with Crippen LogP contribution in [0, 0.1) is 5.41 Å². The molecule has 0 aromatic heterocycles. The lowest BCUT2D eigenvalue weighted by molar-refractivity contribution is -0.0805. The number of aliphatic hydroxyl groups excluding tert-OH is 1. The van der Waals surface area contributed by atoms with Gasteiger partial charge in [0.2, 0.25) is 0 Å². The Balaban J connectivity index is 4.48. The van der Waals surface area contributed by atoms with E-state index < -0.39 is 11.7 Å². The predicted molar refractivity (Wildman–Crippen MR) is 46.3 cm³/mol. The van der Waals surface area contributed by atoms with Crippen molar-refractivity contribution < 1.29 is 10.2 Å². The van der Waals surface area contributed by atoms with Crippen LogP contribution in [0.25, 0.3) is 0 Å². The summed E-state index contributed by atoms with van der Waals surface area (Å²) in [6, 6.07) is 0. The third kappa shape index (κ3) is 2.64. The van der Waals surface area contributed by atoms with Crippen molar-refractivity contribution in [3.05, 3.63) is 12.7 Å². The van der Waals surface area contributed by atoms with Gasteiger partial charge < -0.3 is 10.2 Å². The highest BCUT2D eigenvalue weighted by molar-refractivity contribution is 5.01. The Labute approximate surface area is 68.6 Å². The number of hydrogen-bond donors (Lipinski definition) is 2.